The molecule has 0 radical (unpaired) electrons. The number of fused-ring (bicyclic) bond motifs is 1. The molecule has 0 aromatic heterocycles. The second kappa shape index (κ2) is 10.2. The van der Waals surface area contributed by atoms with Gasteiger partial charge in [-0.3, -0.25) is 4.79 Å². The molecule has 0 aliphatic heterocycles. The van der Waals surface area contributed by atoms with Gasteiger partial charge in [-0.2, -0.15) is 0 Å². The van der Waals surface area contributed by atoms with E-state index >= 15 is 0 Å². The topological polar surface area (TPSA) is 64.6 Å². The van der Waals surface area contributed by atoms with Gasteiger partial charge < -0.3 is 14.8 Å². The van der Waals surface area contributed by atoms with Gasteiger partial charge in [-0.05, 0) is 67.9 Å². The van der Waals surface area contributed by atoms with Gasteiger partial charge in [0.1, 0.15) is 12.2 Å². The Morgan fingerprint density at radius 1 is 1.22 bits per heavy atom. The Morgan fingerprint density at radius 3 is 2.59 bits per heavy atom. The third kappa shape index (κ3) is 6.13. The zero-order chi connectivity index (χ0) is 23.3. The first-order valence-corrected chi connectivity index (χ1v) is 11.1. The van der Waals surface area contributed by atoms with Gasteiger partial charge in [0.25, 0.3) is 0 Å². The van der Waals surface area contributed by atoms with Crippen LogP contribution in [0.25, 0.3) is 0 Å². The van der Waals surface area contributed by atoms with Crippen LogP contribution < -0.4 is 5.32 Å². The molecule has 0 fully saturated rings. The minimum Gasteiger partial charge on any atom is -0.460 e. The molecule has 3 rings (SSSR count). The third-order valence-electron chi connectivity index (χ3n) is 5.37. The fourth-order valence-corrected chi connectivity index (χ4v) is 4.24. The van der Waals surface area contributed by atoms with Crippen molar-refractivity contribution in [1.29, 1.82) is 0 Å². The van der Waals surface area contributed by atoms with Crippen molar-refractivity contribution in [2.24, 2.45) is 5.92 Å². The summed E-state index contributed by atoms with van der Waals surface area (Å²) >= 11 is 6.49. The van der Waals surface area contributed by atoms with E-state index in [4.69, 9.17) is 21.1 Å². The fourth-order valence-electron chi connectivity index (χ4n) is 3.99. The quantitative estimate of drug-likeness (QED) is 0.414. The largest absolute Gasteiger partial charge is 0.460 e. The highest BCUT2D eigenvalue weighted by Gasteiger charge is 2.38. The average molecular weight is 456 g/mol. The first-order valence-electron chi connectivity index (χ1n) is 10.8. The Balaban J connectivity index is 1.78. The summed E-state index contributed by atoms with van der Waals surface area (Å²) in [6, 6.07) is 13.4. The molecule has 0 saturated carbocycles. The Morgan fingerprint density at radius 2 is 1.94 bits per heavy atom. The van der Waals surface area contributed by atoms with Gasteiger partial charge in [0.05, 0.1) is 5.92 Å². The summed E-state index contributed by atoms with van der Waals surface area (Å²) in [7, 11) is 0. The molecule has 2 unspecified atom stereocenters. The molecule has 1 aliphatic carbocycles. The van der Waals surface area contributed by atoms with E-state index in [1.54, 1.807) is 20.8 Å². The molecular formula is C26H30ClNO4. The Labute approximate surface area is 194 Å². The van der Waals surface area contributed by atoms with Crippen LogP contribution in [-0.2, 0) is 33.8 Å². The molecule has 0 bridgehead atoms. The zero-order valence-corrected chi connectivity index (χ0v) is 19.6. The lowest BCUT2D eigenvalue weighted by molar-refractivity contribution is -0.148. The van der Waals surface area contributed by atoms with Gasteiger partial charge in [0.15, 0.2) is 0 Å². The summed E-state index contributed by atoms with van der Waals surface area (Å²) in [5, 5.41) is 3.29. The Bertz CT molecular complexity index is 981. The summed E-state index contributed by atoms with van der Waals surface area (Å²) in [6.45, 7) is 9.70. The average Bonchev–Trinajstić information content (AvgIpc) is 3.06. The number of halogens is 1. The summed E-state index contributed by atoms with van der Waals surface area (Å²) in [5.41, 5.74) is 3.02. The SMILES string of the molecule is C=CCC1Cc2cc(Cl)c(CNC(=O)OC(C)(C)C)cc2C1C(=O)OCc1ccccc1. The van der Waals surface area contributed by atoms with Crippen LogP contribution in [0.2, 0.25) is 5.02 Å². The summed E-state index contributed by atoms with van der Waals surface area (Å²) in [5.74, 6) is -0.590. The Hall–Kier alpha value is -2.79. The lowest BCUT2D eigenvalue weighted by Crippen LogP contribution is -2.32. The highest BCUT2D eigenvalue weighted by molar-refractivity contribution is 6.31. The lowest BCUT2D eigenvalue weighted by atomic mass is 9.89. The van der Waals surface area contributed by atoms with Crippen molar-refractivity contribution in [1.82, 2.24) is 5.32 Å². The van der Waals surface area contributed by atoms with E-state index in [2.05, 4.69) is 11.9 Å². The highest BCUT2D eigenvalue weighted by Crippen LogP contribution is 2.43. The number of benzene rings is 2. The second-order valence-electron chi connectivity index (χ2n) is 9.06. The molecule has 2 aromatic rings. The van der Waals surface area contributed by atoms with Crippen LogP contribution in [0.4, 0.5) is 4.79 Å². The minimum atomic E-state index is -0.586. The van der Waals surface area contributed by atoms with E-state index in [0.29, 0.717) is 11.4 Å². The molecule has 32 heavy (non-hydrogen) atoms. The molecule has 1 amide bonds. The number of nitrogens with one attached hydrogen (secondary N) is 1. The molecule has 6 heteroatoms. The van der Waals surface area contributed by atoms with Gasteiger partial charge in [-0.15, -0.1) is 6.58 Å². The Kier molecular flexibility index (Phi) is 7.62. The van der Waals surface area contributed by atoms with Crippen LogP contribution in [-0.4, -0.2) is 17.7 Å². The van der Waals surface area contributed by atoms with Crippen LogP contribution in [0.5, 0.6) is 0 Å². The predicted octanol–water partition coefficient (Wildman–Crippen LogP) is 5.94. The van der Waals surface area contributed by atoms with Crippen LogP contribution in [0.15, 0.2) is 55.1 Å². The molecule has 5 nitrogen and oxygen atoms in total. The monoisotopic (exact) mass is 455 g/mol. The van der Waals surface area contributed by atoms with Crippen molar-refractivity contribution in [3.05, 3.63) is 82.4 Å². The van der Waals surface area contributed by atoms with E-state index in [-0.39, 0.29) is 25.0 Å². The van der Waals surface area contributed by atoms with E-state index in [9.17, 15) is 9.59 Å². The fraction of sp³-hybridized carbons (Fsp3) is 0.385. The number of hydrogen-bond acceptors (Lipinski definition) is 4. The lowest BCUT2D eigenvalue weighted by Gasteiger charge is -2.20. The van der Waals surface area contributed by atoms with Gasteiger partial charge in [-0.1, -0.05) is 54.1 Å². The molecule has 2 atom stereocenters. The van der Waals surface area contributed by atoms with Gasteiger partial charge >= 0.3 is 12.1 Å². The predicted molar refractivity (Wildman–Crippen MR) is 126 cm³/mol. The van der Waals surface area contributed by atoms with Crippen LogP contribution in [0.1, 0.15) is 55.4 Å². The number of allylic oxidation sites excluding steroid dienone is 1. The first kappa shape index (κ1) is 23.9. The van der Waals surface area contributed by atoms with Crippen molar-refractivity contribution in [3.8, 4) is 0 Å². The van der Waals surface area contributed by atoms with Crippen molar-refractivity contribution in [2.75, 3.05) is 0 Å². The maximum absolute atomic E-state index is 13.1. The van der Waals surface area contributed by atoms with Crippen molar-refractivity contribution < 1.29 is 19.1 Å². The highest BCUT2D eigenvalue weighted by atomic mass is 35.5. The van der Waals surface area contributed by atoms with Crippen molar-refractivity contribution in [3.63, 3.8) is 0 Å². The number of hydrogen-bond donors (Lipinski definition) is 1. The van der Waals surface area contributed by atoms with Gasteiger partial charge in [0.2, 0.25) is 0 Å². The number of alkyl carbamates (subject to hydrolysis) is 1. The summed E-state index contributed by atoms with van der Waals surface area (Å²) in [6.07, 6.45) is 2.74. The smallest absolute Gasteiger partial charge is 0.407 e. The maximum Gasteiger partial charge on any atom is 0.407 e. The standard InChI is InChI=1S/C26H30ClNO4/c1-5-9-18-12-19-14-22(27)20(15-28-25(30)32-26(2,3)4)13-21(19)23(18)24(29)31-16-17-10-7-6-8-11-17/h5-8,10-11,13-14,18,23H,1,9,12,15-16H2,2-4H3,(H,28,30). The number of esters is 1. The molecule has 2 aromatic carbocycles. The maximum atomic E-state index is 13.1. The van der Waals surface area contributed by atoms with Crippen LogP contribution >= 0.6 is 11.6 Å². The number of amides is 1. The third-order valence-corrected chi connectivity index (χ3v) is 5.72. The number of carbonyl (C=O) groups is 2. The van der Waals surface area contributed by atoms with Gasteiger partial charge in [0, 0.05) is 11.6 Å². The van der Waals surface area contributed by atoms with Crippen LogP contribution in [0.3, 0.4) is 0 Å². The first-order chi connectivity index (χ1) is 15.2. The molecule has 1 N–H and O–H groups in total. The second-order valence-corrected chi connectivity index (χ2v) is 9.46. The summed E-state index contributed by atoms with van der Waals surface area (Å²) in [4.78, 5) is 25.2. The van der Waals surface area contributed by atoms with Crippen LogP contribution in [0, 0.1) is 5.92 Å². The van der Waals surface area contributed by atoms with E-state index in [1.165, 1.54) is 0 Å². The van der Waals surface area contributed by atoms with E-state index in [1.807, 2.05) is 48.5 Å². The molecule has 0 heterocycles. The number of rotatable bonds is 7. The van der Waals surface area contributed by atoms with Crippen molar-refractivity contribution in [2.45, 2.75) is 58.3 Å². The van der Waals surface area contributed by atoms with Crippen molar-refractivity contribution >= 4 is 23.7 Å². The molecule has 0 spiro atoms. The molecule has 1 aliphatic rings. The molecular weight excluding hydrogens is 426 g/mol. The van der Waals surface area contributed by atoms with Gasteiger partial charge in [-0.25, -0.2) is 4.79 Å². The number of ether oxygens (including phenoxy) is 2. The normalized spacial score (nSPS) is 17.4. The van der Waals surface area contributed by atoms with E-state index in [0.717, 1.165) is 28.7 Å². The molecule has 170 valence electrons. The molecule has 0 saturated heterocycles. The number of carbonyl (C=O) groups excluding carboxylic acids is 2. The van der Waals surface area contributed by atoms with E-state index < -0.39 is 17.6 Å². The summed E-state index contributed by atoms with van der Waals surface area (Å²) < 4.78 is 11.0. The zero-order valence-electron chi connectivity index (χ0n) is 18.8. The minimum absolute atomic E-state index is 0.0657.